The molecule has 2 saturated carbocycles. The van der Waals surface area contributed by atoms with Gasteiger partial charge in [-0.3, -0.25) is 0 Å². The van der Waals surface area contributed by atoms with Crippen molar-refractivity contribution in [3.8, 4) is 0 Å². The molecule has 0 bridgehead atoms. The van der Waals surface area contributed by atoms with Crippen LogP contribution in [0.5, 0.6) is 0 Å². The van der Waals surface area contributed by atoms with Gasteiger partial charge in [-0.05, 0) is 38.3 Å². The Kier molecular flexibility index (Phi) is 1.10. The van der Waals surface area contributed by atoms with Gasteiger partial charge in [0.25, 0.3) is 0 Å². The minimum Gasteiger partial charge on any atom is -0.303 e. The first kappa shape index (κ1) is 5.72. The molecule has 2 aliphatic carbocycles. The highest BCUT2D eigenvalue weighted by molar-refractivity contribution is 5.17. The number of fused-ring (bicyclic) bond motifs is 1. The van der Waals surface area contributed by atoms with Crippen molar-refractivity contribution < 1.29 is 0 Å². The van der Waals surface area contributed by atoms with E-state index in [0.29, 0.717) is 0 Å². The summed E-state index contributed by atoms with van der Waals surface area (Å²) in [5.41, 5.74) is 0. The molecule has 0 saturated heterocycles. The maximum atomic E-state index is 2.53. The fourth-order valence-corrected chi connectivity index (χ4v) is 1.90. The standard InChI is InChI=1S/C8H15N/c1-3-4-9(2)8-6-5-7(6)8/h6-8H,3-5H2,1-2H3. The summed E-state index contributed by atoms with van der Waals surface area (Å²) in [5.74, 6) is 2.28. The molecule has 1 nitrogen and oxygen atoms in total. The second kappa shape index (κ2) is 1.72. The Labute approximate surface area is 57.0 Å². The molecule has 0 radical (unpaired) electrons. The normalized spacial score (nSPS) is 45.0. The molecule has 0 heterocycles. The molecule has 2 unspecified atom stereocenters. The van der Waals surface area contributed by atoms with Crippen molar-refractivity contribution in [2.24, 2.45) is 11.8 Å². The molecule has 0 aliphatic heterocycles. The summed E-state index contributed by atoms with van der Waals surface area (Å²) < 4.78 is 0. The zero-order valence-corrected chi connectivity index (χ0v) is 6.30. The van der Waals surface area contributed by atoms with Crippen molar-refractivity contribution in [1.82, 2.24) is 4.90 Å². The van der Waals surface area contributed by atoms with Crippen LogP contribution in [-0.2, 0) is 0 Å². The minimum absolute atomic E-state index is 1.02. The molecule has 0 amide bonds. The molecular weight excluding hydrogens is 110 g/mol. The summed E-state index contributed by atoms with van der Waals surface area (Å²) in [5, 5.41) is 0. The van der Waals surface area contributed by atoms with Crippen LogP contribution >= 0.6 is 0 Å². The Morgan fingerprint density at radius 3 is 2.44 bits per heavy atom. The Hall–Kier alpha value is -0.0400. The van der Waals surface area contributed by atoms with Crippen LogP contribution in [0.25, 0.3) is 0 Å². The van der Waals surface area contributed by atoms with Crippen LogP contribution < -0.4 is 0 Å². The van der Waals surface area contributed by atoms with Crippen LogP contribution in [0.4, 0.5) is 0 Å². The average molecular weight is 125 g/mol. The SMILES string of the molecule is CCCN(C)C1C2CC21. The fraction of sp³-hybridized carbons (Fsp3) is 1.00. The molecule has 2 rings (SSSR count). The van der Waals surface area contributed by atoms with Gasteiger partial charge in [-0.2, -0.15) is 0 Å². The van der Waals surface area contributed by atoms with Gasteiger partial charge in [0.2, 0.25) is 0 Å². The number of nitrogens with zero attached hydrogens (tertiary/aromatic N) is 1. The van der Waals surface area contributed by atoms with E-state index < -0.39 is 0 Å². The number of hydrogen-bond acceptors (Lipinski definition) is 1. The first-order valence-electron chi connectivity index (χ1n) is 4.05. The Balaban J connectivity index is 1.72. The van der Waals surface area contributed by atoms with E-state index in [1.165, 1.54) is 13.0 Å². The molecule has 0 aromatic carbocycles. The lowest BCUT2D eigenvalue weighted by Crippen LogP contribution is -2.26. The van der Waals surface area contributed by atoms with Gasteiger partial charge in [-0.1, -0.05) is 6.92 Å². The van der Waals surface area contributed by atoms with E-state index in [4.69, 9.17) is 0 Å². The zero-order chi connectivity index (χ0) is 6.43. The van der Waals surface area contributed by atoms with Crippen molar-refractivity contribution in [1.29, 1.82) is 0 Å². The molecule has 0 aromatic heterocycles. The number of rotatable bonds is 3. The third-order valence-electron chi connectivity index (χ3n) is 2.71. The number of hydrogen-bond donors (Lipinski definition) is 0. The predicted octanol–water partition coefficient (Wildman–Crippen LogP) is 1.35. The van der Waals surface area contributed by atoms with E-state index in [0.717, 1.165) is 17.9 Å². The molecule has 9 heavy (non-hydrogen) atoms. The summed E-state index contributed by atoms with van der Waals surface area (Å²) in [7, 11) is 2.26. The van der Waals surface area contributed by atoms with E-state index in [9.17, 15) is 0 Å². The van der Waals surface area contributed by atoms with Crippen molar-refractivity contribution in [3.63, 3.8) is 0 Å². The van der Waals surface area contributed by atoms with E-state index in [1.54, 1.807) is 6.42 Å². The Morgan fingerprint density at radius 1 is 1.44 bits per heavy atom. The molecule has 0 aromatic rings. The van der Waals surface area contributed by atoms with Gasteiger partial charge in [-0.25, -0.2) is 0 Å². The van der Waals surface area contributed by atoms with Crippen molar-refractivity contribution in [2.45, 2.75) is 25.8 Å². The lowest BCUT2D eigenvalue weighted by Gasteiger charge is -2.18. The highest BCUT2D eigenvalue weighted by Gasteiger charge is 2.65. The van der Waals surface area contributed by atoms with Gasteiger partial charge in [0.15, 0.2) is 0 Å². The highest BCUT2D eigenvalue weighted by atomic mass is 15.2. The van der Waals surface area contributed by atoms with Gasteiger partial charge in [0.05, 0.1) is 0 Å². The Morgan fingerprint density at radius 2 is 2.11 bits per heavy atom. The smallest absolute Gasteiger partial charge is 0.0155 e. The zero-order valence-electron chi connectivity index (χ0n) is 6.30. The predicted molar refractivity (Wildman–Crippen MR) is 38.3 cm³/mol. The monoisotopic (exact) mass is 125 g/mol. The second-order valence-corrected chi connectivity index (χ2v) is 3.53. The average Bonchev–Trinajstić information content (AvgIpc) is 2.46. The van der Waals surface area contributed by atoms with Gasteiger partial charge in [0.1, 0.15) is 0 Å². The second-order valence-electron chi connectivity index (χ2n) is 3.53. The first-order valence-corrected chi connectivity index (χ1v) is 4.05. The van der Waals surface area contributed by atoms with Crippen LogP contribution in [0.3, 0.4) is 0 Å². The van der Waals surface area contributed by atoms with E-state index in [1.807, 2.05) is 0 Å². The highest BCUT2D eigenvalue weighted by Crippen LogP contribution is 2.64. The molecule has 52 valence electrons. The van der Waals surface area contributed by atoms with E-state index in [2.05, 4.69) is 18.9 Å². The minimum atomic E-state index is 1.02. The molecule has 0 N–H and O–H groups in total. The van der Waals surface area contributed by atoms with Crippen molar-refractivity contribution in [3.05, 3.63) is 0 Å². The molecule has 2 atom stereocenters. The third-order valence-corrected chi connectivity index (χ3v) is 2.71. The third kappa shape index (κ3) is 0.787. The molecule has 2 fully saturated rings. The summed E-state index contributed by atoms with van der Waals surface area (Å²) in [4.78, 5) is 2.53. The van der Waals surface area contributed by atoms with Gasteiger partial charge in [-0.15, -0.1) is 0 Å². The van der Waals surface area contributed by atoms with Gasteiger partial charge < -0.3 is 4.90 Å². The van der Waals surface area contributed by atoms with Gasteiger partial charge in [0, 0.05) is 6.04 Å². The van der Waals surface area contributed by atoms with Crippen molar-refractivity contribution >= 4 is 0 Å². The molecule has 2 aliphatic rings. The summed E-state index contributed by atoms with van der Waals surface area (Å²) >= 11 is 0. The molecule has 0 spiro atoms. The van der Waals surface area contributed by atoms with Crippen LogP contribution in [0.15, 0.2) is 0 Å². The lowest BCUT2D eigenvalue weighted by molar-refractivity contribution is 0.277. The van der Waals surface area contributed by atoms with Crippen LogP contribution in [-0.4, -0.2) is 24.5 Å². The molecule has 1 heteroatoms. The maximum absolute atomic E-state index is 2.53. The maximum Gasteiger partial charge on any atom is 0.0155 e. The van der Waals surface area contributed by atoms with Crippen molar-refractivity contribution in [2.75, 3.05) is 13.6 Å². The van der Waals surface area contributed by atoms with Crippen LogP contribution in [0, 0.1) is 11.8 Å². The largest absolute Gasteiger partial charge is 0.303 e. The topological polar surface area (TPSA) is 3.24 Å². The van der Waals surface area contributed by atoms with Gasteiger partial charge >= 0.3 is 0 Å². The van der Waals surface area contributed by atoms with Crippen LogP contribution in [0.1, 0.15) is 19.8 Å². The Bertz CT molecular complexity index is 114. The summed E-state index contributed by atoms with van der Waals surface area (Å²) in [6.07, 6.45) is 2.85. The quantitative estimate of drug-likeness (QED) is 0.550. The first-order chi connectivity index (χ1) is 4.34. The molecular formula is C8H15N. The van der Waals surface area contributed by atoms with E-state index >= 15 is 0 Å². The van der Waals surface area contributed by atoms with Crippen LogP contribution in [0.2, 0.25) is 0 Å². The lowest BCUT2D eigenvalue weighted by atomic mass is 10.3. The fourth-order valence-electron chi connectivity index (χ4n) is 1.90. The summed E-state index contributed by atoms with van der Waals surface area (Å²) in [6.45, 7) is 3.56. The van der Waals surface area contributed by atoms with E-state index in [-0.39, 0.29) is 0 Å². The summed E-state index contributed by atoms with van der Waals surface area (Å²) in [6, 6.07) is 1.02.